The van der Waals surface area contributed by atoms with Gasteiger partial charge in [-0.05, 0) is 19.1 Å². The van der Waals surface area contributed by atoms with E-state index in [0.717, 1.165) is 5.56 Å². The van der Waals surface area contributed by atoms with Gasteiger partial charge in [-0.25, -0.2) is 0 Å². The van der Waals surface area contributed by atoms with Crippen molar-refractivity contribution in [1.29, 1.82) is 0 Å². The molecule has 6 heteroatoms. The number of nitrogen functional groups attached to an aromatic ring is 1. The zero-order valence-corrected chi connectivity index (χ0v) is 10.1. The van der Waals surface area contributed by atoms with E-state index in [9.17, 15) is 9.90 Å². The molecule has 0 saturated carbocycles. The first-order valence-corrected chi connectivity index (χ1v) is 5.37. The second-order valence-electron chi connectivity index (χ2n) is 4.05. The first-order valence-electron chi connectivity index (χ1n) is 5.37. The Balaban J connectivity index is 2.30. The Labute approximate surface area is 104 Å². The predicted molar refractivity (Wildman–Crippen MR) is 68.4 cm³/mol. The van der Waals surface area contributed by atoms with Crippen molar-refractivity contribution in [1.82, 2.24) is 9.78 Å². The van der Waals surface area contributed by atoms with Crippen molar-refractivity contribution in [3.63, 3.8) is 0 Å². The number of aromatic nitrogens is 2. The van der Waals surface area contributed by atoms with Crippen molar-refractivity contribution < 1.29 is 9.90 Å². The number of nitrogens with one attached hydrogen (secondary N) is 1. The third kappa shape index (κ3) is 2.13. The number of carbonyl (C=O) groups excluding carboxylic acids is 1. The molecule has 0 aliphatic heterocycles. The van der Waals surface area contributed by atoms with Crippen LogP contribution in [0.15, 0.2) is 24.4 Å². The number of aromatic hydroxyl groups is 1. The average molecular weight is 246 g/mol. The standard InChI is InChI=1S/C12H14N4O2/c1-7-3-4-10(17)8(5-7)12(18)15-11-9(13)6-14-16(11)2/h3-6,17H,13H2,1-2H3,(H,15,18). The van der Waals surface area contributed by atoms with Gasteiger partial charge < -0.3 is 16.2 Å². The van der Waals surface area contributed by atoms with E-state index in [1.807, 2.05) is 6.92 Å². The van der Waals surface area contributed by atoms with Gasteiger partial charge in [-0.15, -0.1) is 0 Å². The summed E-state index contributed by atoms with van der Waals surface area (Å²) in [6.45, 7) is 1.84. The van der Waals surface area contributed by atoms with Crippen LogP contribution < -0.4 is 11.1 Å². The molecule has 0 radical (unpaired) electrons. The summed E-state index contributed by atoms with van der Waals surface area (Å²) in [4.78, 5) is 12.0. The van der Waals surface area contributed by atoms with E-state index < -0.39 is 5.91 Å². The van der Waals surface area contributed by atoms with Gasteiger partial charge in [-0.3, -0.25) is 9.48 Å². The zero-order valence-electron chi connectivity index (χ0n) is 10.1. The molecule has 1 heterocycles. The Morgan fingerprint density at radius 1 is 1.50 bits per heavy atom. The molecule has 0 bridgehead atoms. The highest BCUT2D eigenvalue weighted by Crippen LogP contribution is 2.22. The number of hydrogen-bond acceptors (Lipinski definition) is 4. The maximum absolute atomic E-state index is 12.0. The molecule has 1 aromatic carbocycles. The molecule has 1 aromatic heterocycles. The fourth-order valence-electron chi connectivity index (χ4n) is 1.61. The van der Waals surface area contributed by atoms with Gasteiger partial charge in [-0.2, -0.15) is 5.10 Å². The van der Waals surface area contributed by atoms with Crippen LogP contribution in [0, 0.1) is 6.92 Å². The number of anilines is 2. The molecule has 0 atom stereocenters. The fourth-order valence-corrected chi connectivity index (χ4v) is 1.61. The maximum atomic E-state index is 12.0. The number of hydrogen-bond donors (Lipinski definition) is 3. The molecule has 4 N–H and O–H groups in total. The third-order valence-electron chi connectivity index (χ3n) is 2.60. The lowest BCUT2D eigenvalue weighted by molar-refractivity contribution is 0.102. The van der Waals surface area contributed by atoms with Gasteiger partial charge in [0.1, 0.15) is 5.75 Å². The fraction of sp³-hybridized carbons (Fsp3) is 0.167. The number of aryl methyl sites for hydroxylation is 2. The second-order valence-corrected chi connectivity index (χ2v) is 4.05. The van der Waals surface area contributed by atoms with Crippen molar-refractivity contribution >= 4 is 17.4 Å². The van der Waals surface area contributed by atoms with Gasteiger partial charge >= 0.3 is 0 Å². The number of amides is 1. The van der Waals surface area contributed by atoms with E-state index in [0.29, 0.717) is 11.5 Å². The molecule has 0 aliphatic carbocycles. The van der Waals surface area contributed by atoms with Crippen LogP contribution in [0.1, 0.15) is 15.9 Å². The minimum atomic E-state index is -0.425. The lowest BCUT2D eigenvalue weighted by atomic mass is 10.1. The van der Waals surface area contributed by atoms with Gasteiger partial charge in [0.25, 0.3) is 5.91 Å². The Kier molecular flexibility index (Phi) is 2.93. The maximum Gasteiger partial charge on any atom is 0.260 e. The first kappa shape index (κ1) is 12.0. The zero-order chi connectivity index (χ0) is 13.3. The number of rotatable bonds is 2. The van der Waals surface area contributed by atoms with Crippen molar-refractivity contribution in [3.05, 3.63) is 35.5 Å². The Hall–Kier alpha value is -2.50. The summed E-state index contributed by atoms with van der Waals surface area (Å²) >= 11 is 0. The largest absolute Gasteiger partial charge is 0.507 e. The summed E-state index contributed by atoms with van der Waals surface area (Å²) in [7, 11) is 1.67. The minimum Gasteiger partial charge on any atom is -0.507 e. The molecule has 2 rings (SSSR count). The number of phenols is 1. The van der Waals surface area contributed by atoms with E-state index in [2.05, 4.69) is 10.4 Å². The van der Waals surface area contributed by atoms with Crippen LogP contribution in [-0.4, -0.2) is 20.8 Å². The quantitative estimate of drug-likeness (QED) is 0.743. The molecule has 2 aromatic rings. The van der Waals surface area contributed by atoms with E-state index in [4.69, 9.17) is 5.73 Å². The molecule has 1 amide bonds. The van der Waals surface area contributed by atoms with Crippen LogP contribution in [-0.2, 0) is 7.05 Å². The number of phenolic OH excluding ortho intramolecular Hbond substituents is 1. The van der Waals surface area contributed by atoms with Crippen LogP contribution in [0.3, 0.4) is 0 Å². The molecule has 18 heavy (non-hydrogen) atoms. The van der Waals surface area contributed by atoms with Gasteiger partial charge in [0.15, 0.2) is 5.82 Å². The Morgan fingerprint density at radius 3 is 2.83 bits per heavy atom. The molecule has 0 unspecified atom stereocenters. The van der Waals surface area contributed by atoms with E-state index in [1.165, 1.54) is 16.9 Å². The highest BCUT2D eigenvalue weighted by Gasteiger charge is 2.14. The molecule has 0 spiro atoms. The predicted octanol–water partition coefficient (Wildman–Crippen LogP) is 1.27. The van der Waals surface area contributed by atoms with E-state index in [-0.39, 0.29) is 11.3 Å². The monoisotopic (exact) mass is 246 g/mol. The summed E-state index contributed by atoms with van der Waals surface area (Å²) < 4.78 is 1.46. The van der Waals surface area contributed by atoms with Gasteiger partial charge in [-0.1, -0.05) is 11.6 Å². The van der Waals surface area contributed by atoms with Crippen molar-refractivity contribution in [2.45, 2.75) is 6.92 Å². The van der Waals surface area contributed by atoms with Crippen LogP contribution >= 0.6 is 0 Å². The van der Waals surface area contributed by atoms with Crippen LogP contribution in [0.25, 0.3) is 0 Å². The van der Waals surface area contributed by atoms with Crippen molar-refractivity contribution in [2.24, 2.45) is 7.05 Å². The summed E-state index contributed by atoms with van der Waals surface area (Å²) in [6, 6.07) is 4.82. The van der Waals surface area contributed by atoms with Crippen LogP contribution in [0.2, 0.25) is 0 Å². The summed E-state index contributed by atoms with van der Waals surface area (Å²) in [5.41, 5.74) is 7.14. The third-order valence-corrected chi connectivity index (χ3v) is 2.60. The molecular weight excluding hydrogens is 232 g/mol. The van der Waals surface area contributed by atoms with Gasteiger partial charge in [0.2, 0.25) is 0 Å². The summed E-state index contributed by atoms with van der Waals surface area (Å²) in [5.74, 6) is -0.0914. The van der Waals surface area contributed by atoms with Gasteiger partial charge in [0.05, 0.1) is 17.4 Å². The first-order chi connectivity index (χ1) is 8.49. The molecular formula is C12H14N4O2. The van der Waals surface area contributed by atoms with E-state index >= 15 is 0 Å². The SMILES string of the molecule is Cc1ccc(O)c(C(=O)Nc2c(N)cnn2C)c1. The normalized spacial score (nSPS) is 10.3. The Bertz CT molecular complexity index is 585. The molecule has 94 valence electrons. The topological polar surface area (TPSA) is 93.2 Å². The van der Waals surface area contributed by atoms with Crippen molar-refractivity contribution in [2.75, 3.05) is 11.1 Å². The number of carbonyl (C=O) groups is 1. The van der Waals surface area contributed by atoms with Crippen LogP contribution in [0.5, 0.6) is 5.75 Å². The number of nitrogens with zero attached hydrogens (tertiary/aromatic N) is 2. The Morgan fingerprint density at radius 2 is 2.22 bits per heavy atom. The average Bonchev–Trinajstić information content (AvgIpc) is 2.64. The van der Waals surface area contributed by atoms with Crippen LogP contribution in [0.4, 0.5) is 11.5 Å². The molecule has 0 saturated heterocycles. The lowest BCUT2D eigenvalue weighted by Gasteiger charge is -2.08. The number of nitrogens with two attached hydrogens (primary N) is 1. The highest BCUT2D eigenvalue weighted by atomic mass is 16.3. The summed E-state index contributed by atoms with van der Waals surface area (Å²) in [5, 5.41) is 16.2. The lowest BCUT2D eigenvalue weighted by Crippen LogP contribution is -2.16. The minimum absolute atomic E-state index is 0.0705. The van der Waals surface area contributed by atoms with Crippen molar-refractivity contribution in [3.8, 4) is 5.75 Å². The number of benzene rings is 1. The van der Waals surface area contributed by atoms with Gasteiger partial charge in [0, 0.05) is 7.05 Å². The highest BCUT2D eigenvalue weighted by molar-refractivity contribution is 6.06. The summed E-state index contributed by atoms with van der Waals surface area (Å²) in [6.07, 6.45) is 1.45. The molecule has 0 aliphatic rings. The molecule has 6 nitrogen and oxygen atoms in total. The second kappa shape index (κ2) is 4.40. The smallest absolute Gasteiger partial charge is 0.260 e. The molecule has 0 fully saturated rings. The van der Waals surface area contributed by atoms with E-state index in [1.54, 1.807) is 19.2 Å².